The van der Waals surface area contributed by atoms with E-state index in [0.29, 0.717) is 19.6 Å². The van der Waals surface area contributed by atoms with Gasteiger partial charge < -0.3 is 14.6 Å². The molecule has 1 aromatic rings. The van der Waals surface area contributed by atoms with Gasteiger partial charge in [-0.25, -0.2) is 0 Å². The second kappa shape index (κ2) is 7.75. The summed E-state index contributed by atoms with van der Waals surface area (Å²) in [6, 6.07) is 7.56. The fraction of sp³-hybridized carbons (Fsp3) is 0.385. The van der Waals surface area contributed by atoms with E-state index in [1.807, 2.05) is 24.3 Å². The van der Waals surface area contributed by atoms with Crippen LogP contribution < -0.4 is 4.74 Å². The molecule has 0 aliphatic carbocycles. The zero-order valence-corrected chi connectivity index (χ0v) is 9.40. The second-order valence-electron chi connectivity index (χ2n) is 3.14. The van der Waals surface area contributed by atoms with E-state index in [9.17, 15) is 0 Å². The van der Waals surface area contributed by atoms with Crippen molar-refractivity contribution in [3.63, 3.8) is 0 Å². The Kier molecular flexibility index (Phi) is 6.09. The molecule has 0 saturated heterocycles. The van der Waals surface area contributed by atoms with Crippen molar-refractivity contribution in [1.82, 2.24) is 0 Å². The van der Waals surface area contributed by atoms with Crippen molar-refractivity contribution in [1.29, 1.82) is 0 Å². The zero-order valence-electron chi connectivity index (χ0n) is 9.40. The Balaban J connectivity index is 2.54. The highest BCUT2D eigenvalue weighted by Gasteiger charge is 1.94. The van der Waals surface area contributed by atoms with Crippen molar-refractivity contribution >= 4 is 0 Å². The lowest BCUT2D eigenvalue weighted by Gasteiger charge is -2.05. The molecule has 0 amide bonds. The normalized spacial score (nSPS) is 9.38. The molecule has 1 N–H and O–H groups in total. The first-order valence-electron chi connectivity index (χ1n) is 5.18. The van der Waals surface area contributed by atoms with Crippen LogP contribution in [0.4, 0.5) is 0 Å². The third kappa shape index (κ3) is 4.83. The Morgan fingerprint density at radius 3 is 2.94 bits per heavy atom. The van der Waals surface area contributed by atoms with Gasteiger partial charge in [-0.3, -0.25) is 0 Å². The first-order chi connectivity index (χ1) is 7.86. The molecule has 0 aromatic heterocycles. The molecular weight excluding hydrogens is 204 g/mol. The molecule has 0 radical (unpaired) electrons. The summed E-state index contributed by atoms with van der Waals surface area (Å²) in [6.45, 7) is 1.20. The molecule has 16 heavy (non-hydrogen) atoms. The highest BCUT2D eigenvalue weighted by atomic mass is 16.5. The molecule has 1 rings (SSSR count). The largest absolute Gasteiger partial charge is 0.491 e. The molecule has 1 aromatic carbocycles. The SMILES string of the molecule is COCCOc1cccc(C#CCCO)c1. The van der Waals surface area contributed by atoms with E-state index in [0.717, 1.165) is 11.3 Å². The van der Waals surface area contributed by atoms with Crippen LogP contribution in [0.2, 0.25) is 0 Å². The number of hydrogen-bond acceptors (Lipinski definition) is 3. The maximum atomic E-state index is 8.60. The molecule has 3 nitrogen and oxygen atoms in total. The molecule has 0 fully saturated rings. The van der Waals surface area contributed by atoms with E-state index in [-0.39, 0.29) is 6.61 Å². The van der Waals surface area contributed by atoms with Crippen LogP contribution >= 0.6 is 0 Å². The predicted octanol–water partition coefficient (Wildman–Crippen LogP) is 1.45. The van der Waals surface area contributed by atoms with Crippen molar-refractivity contribution in [2.75, 3.05) is 26.9 Å². The molecular formula is C13H16O3. The molecule has 0 heterocycles. The number of aliphatic hydroxyl groups excluding tert-OH is 1. The number of benzene rings is 1. The van der Waals surface area contributed by atoms with E-state index < -0.39 is 0 Å². The van der Waals surface area contributed by atoms with Gasteiger partial charge in [-0.1, -0.05) is 17.9 Å². The Hall–Kier alpha value is -1.50. The van der Waals surface area contributed by atoms with Gasteiger partial charge in [0.15, 0.2) is 0 Å². The third-order valence-electron chi connectivity index (χ3n) is 1.86. The summed E-state index contributed by atoms with van der Waals surface area (Å²) < 4.78 is 10.3. The van der Waals surface area contributed by atoms with Crippen molar-refractivity contribution < 1.29 is 14.6 Å². The minimum absolute atomic E-state index is 0.0943. The van der Waals surface area contributed by atoms with Gasteiger partial charge >= 0.3 is 0 Å². The predicted molar refractivity (Wildman–Crippen MR) is 62.4 cm³/mol. The number of ether oxygens (including phenoxy) is 2. The zero-order chi connectivity index (χ0) is 11.6. The minimum atomic E-state index is 0.0943. The van der Waals surface area contributed by atoms with Gasteiger partial charge in [0.25, 0.3) is 0 Å². The summed E-state index contributed by atoms with van der Waals surface area (Å²) in [5.74, 6) is 6.61. The Morgan fingerprint density at radius 2 is 2.19 bits per heavy atom. The first-order valence-corrected chi connectivity index (χ1v) is 5.18. The van der Waals surface area contributed by atoms with Crippen LogP contribution in [0.3, 0.4) is 0 Å². The van der Waals surface area contributed by atoms with Gasteiger partial charge in [-0.05, 0) is 18.2 Å². The molecule has 3 heteroatoms. The highest BCUT2D eigenvalue weighted by molar-refractivity contribution is 5.39. The van der Waals surface area contributed by atoms with Crippen LogP contribution in [0.1, 0.15) is 12.0 Å². The molecule has 0 aliphatic rings. The lowest BCUT2D eigenvalue weighted by molar-refractivity contribution is 0.146. The van der Waals surface area contributed by atoms with Gasteiger partial charge in [0, 0.05) is 19.1 Å². The molecule has 0 atom stereocenters. The second-order valence-corrected chi connectivity index (χ2v) is 3.14. The smallest absolute Gasteiger partial charge is 0.120 e. The van der Waals surface area contributed by atoms with E-state index in [2.05, 4.69) is 11.8 Å². The monoisotopic (exact) mass is 220 g/mol. The topological polar surface area (TPSA) is 38.7 Å². The van der Waals surface area contributed by atoms with Crippen LogP contribution in [0.25, 0.3) is 0 Å². The summed E-state index contributed by atoms with van der Waals surface area (Å²) in [5.41, 5.74) is 0.892. The van der Waals surface area contributed by atoms with E-state index in [1.54, 1.807) is 7.11 Å². The quantitative estimate of drug-likeness (QED) is 0.603. The van der Waals surface area contributed by atoms with Gasteiger partial charge in [-0.15, -0.1) is 0 Å². The van der Waals surface area contributed by atoms with E-state index in [1.165, 1.54) is 0 Å². The molecule has 0 bridgehead atoms. The molecule has 0 saturated carbocycles. The summed E-state index contributed by atoms with van der Waals surface area (Å²) in [5, 5.41) is 8.60. The maximum absolute atomic E-state index is 8.60. The van der Waals surface area contributed by atoms with Crippen LogP contribution in [-0.4, -0.2) is 32.0 Å². The Morgan fingerprint density at radius 1 is 1.31 bits per heavy atom. The first kappa shape index (κ1) is 12.6. The highest BCUT2D eigenvalue weighted by Crippen LogP contribution is 2.12. The van der Waals surface area contributed by atoms with Crippen molar-refractivity contribution in [2.45, 2.75) is 6.42 Å². The molecule has 0 spiro atoms. The molecule has 0 unspecified atom stereocenters. The fourth-order valence-electron chi connectivity index (χ4n) is 1.13. The summed E-state index contributed by atoms with van der Waals surface area (Å²) >= 11 is 0. The number of rotatable bonds is 5. The van der Waals surface area contributed by atoms with E-state index >= 15 is 0 Å². The number of hydrogen-bond donors (Lipinski definition) is 1. The standard InChI is InChI=1S/C13H16O3/c1-15-9-10-16-13-7-4-6-12(11-13)5-2-3-8-14/h4,6-7,11,14H,3,8-10H2,1H3. The fourth-order valence-corrected chi connectivity index (χ4v) is 1.13. The third-order valence-corrected chi connectivity index (χ3v) is 1.86. The van der Waals surface area contributed by atoms with E-state index in [4.69, 9.17) is 14.6 Å². The molecule has 86 valence electrons. The number of aliphatic hydroxyl groups is 1. The van der Waals surface area contributed by atoms with Gasteiger partial charge in [-0.2, -0.15) is 0 Å². The van der Waals surface area contributed by atoms with Gasteiger partial charge in [0.05, 0.1) is 13.2 Å². The molecule has 0 aliphatic heterocycles. The van der Waals surface area contributed by atoms with Gasteiger partial charge in [0.1, 0.15) is 12.4 Å². The lowest BCUT2D eigenvalue weighted by Crippen LogP contribution is -2.04. The minimum Gasteiger partial charge on any atom is -0.491 e. The van der Waals surface area contributed by atoms with Crippen molar-refractivity contribution in [3.8, 4) is 17.6 Å². The number of methoxy groups -OCH3 is 1. The average Bonchev–Trinajstić information content (AvgIpc) is 2.30. The van der Waals surface area contributed by atoms with Crippen LogP contribution in [-0.2, 0) is 4.74 Å². The maximum Gasteiger partial charge on any atom is 0.120 e. The van der Waals surface area contributed by atoms with Crippen molar-refractivity contribution in [2.24, 2.45) is 0 Å². The summed E-state index contributed by atoms with van der Waals surface area (Å²) in [4.78, 5) is 0. The van der Waals surface area contributed by atoms with Crippen LogP contribution in [0.15, 0.2) is 24.3 Å². The van der Waals surface area contributed by atoms with Gasteiger partial charge in [0.2, 0.25) is 0 Å². The average molecular weight is 220 g/mol. The van der Waals surface area contributed by atoms with Crippen molar-refractivity contribution in [3.05, 3.63) is 29.8 Å². The van der Waals surface area contributed by atoms with Crippen LogP contribution in [0.5, 0.6) is 5.75 Å². The summed E-state index contributed by atoms with van der Waals surface area (Å²) in [7, 11) is 1.64. The van der Waals surface area contributed by atoms with Crippen LogP contribution in [0, 0.1) is 11.8 Å². The lowest BCUT2D eigenvalue weighted by atomic mass is 10.2. The Bertz CT molecular complexity index is 363. The Labute approximate surface area is 96.0 Å². The summed E-state index contributed by atoms with van der Waals surface area (Å²) in [6.07, 6.45) is 0.495.